The van der Waals surface area contributed by atoms with Crippen molar-refractivity contribution in [1.82, 2.24) is 5.32 Å². The first-order valence-electron chi connectivity index (χ1n) is 7.09. The predicted molar refractivity (Wildman–Crippen MR) is 85.1 cm³/mol. The second-order valence-electron chi connectivity index (χ2n) is 5.39. The number of rotatable bonds is 4. The minimum atomic E-state index is -4.54. The Morgan fingerprint density at radius 3 is 2.24 bits per heavy atom. The number of primary sulfonamides is 1. The fourth-order valence-corrected chi connectivity index (χ4v) is 2.66. The lowest BCUT2D eigenvalue weighted by atomic mass is 10.1. The number of hydrogen-bond donors (Lipinski definition) is 2. The van der Waals surface area contributed by atoms with Gasteiger partial charge in [-0.2, -0.15) is 13.2 Å². The van der Waals surface area contributed by atoms with Crippen molar-refractivity contribution >= 4 is 15.9 Å². The van der Waals surface area contributed by atoms with Crippen LogP contribution in [0.2, 0.25) is 0 Å². The van der Waals surface area contributed by atoms with E-state index < -0.39 is 33.7 Å². The number of carbonyl (C=O) groups is 1. The average Bonchev–Trinajstić information content (AvgIpc) is 2.53. The first-order chi connectivity index (χ1) is 11.5. The zero-order chi connectivity index (χ0) is 18.8. The second-order valence-corrected chi connectivity index (χ2v) is 6.95. The summed E-state index contributed by atoms with van der Waals surface area (Å²) < 4.78 is 60.5. The van der Waals surface area contributed by atoms with Crippen LogP contribution in [0.3, 0.4) is 0 Å². The topological polar surface area (TPSA) is 89.3 Å². The van der Waals surface area contributed by atoms with E-state index in [1.54, 1.807) is 6.92 Å². The molecular formula is C16H15F3N2O3S. The van der Waals surface area contributed by atoms with Crippen LogP contribution in [-0.2, 0) is 16.2 Å². The molecule has 1 unspecified atom stereocenters. The largest absolute Gasteiger partial charge is 0.416 e. The van der Waals surface area contributed by atoms with E-state index in [0.717, 1.165) is 18.2 Å². The van der Waals surface area contributed by atoms with Gasteiger partial charge in [0.15, 0.2) is 0 Å². The van der Waals surface area contributed by atoms with Crippen LogP contribution >= 0.6 is 0 Å². The lowest BCUT2D eigenvalue weighted by Gasteiger charge is -2.15. The van der Waals surface area contributed by atoms with Gasteiger partial charge in [0, 0.05) is 5.56 Å². The van der Waals surface area contributed by atoms with Gasteiger partial charge in [0.05, 0.1) is 16.5 Å². The Balaban J connectivity index is 2.15. The summed E-state index contributed by atoms with van der Waals surface area (Å²) >= 11 is 0. The predicted octanol–water partition coefficient (Wildman–Crippen LogP) is 2.84. The Bertz CT molecular complexity index is 878. The minimum Gasteiger partial charge on any atom is -0.346 e. The Hall–Kier alpha value is -2.39. The van der Waals surface area contributed by atoms with Gasteiger partial charge in [0.25, 0.3) is 5.91 Å². The van der Waals surface area contributed by atoms with Gasteiger partial charge in [-0.05, 0) is 42.8 Å². The molecule has 3 N–H and O–H groups in total. The van der Waals surface area contributed by atoms with Gasteiger partial charge >= 0.3 is 6.18 Å². The number of alkyl halides is 3. The van der Waals surface area contributed by atoms with Gasteiger partial charge in [0.2, 0.25) is 10.0 Å². The molecule has 0 bridgehead atoms. The number of amides is 1. The molecule has 0 heterocycles. The van der Waals surface area contributed by atoms with Crippen molar-refractivity contribution in [2.75, 3.05) is 0 Å². The van der Waals surface area contributed by atoms with Crippen LogP contribution in [0.1, 0.15) is 34.5 Å². The Labute approximate surface area is 142 Å². The van der Waals surface area contributed by atoms with Crippen LogP contribution in [0.5, 0.6) is 0 Å². The van der Waals surface area contributed by atoms with Gasteiger partial charge < -0.3 is 5.32 Å². The molecule has 134 valence electrons. The van der Waals surface area contributed by atoms with E-state index in [0.29, 0.717) is 5.56 Å². The fraction of sp³-hybridized carbons (Fsp3) is 0.188. The van der Waals surface area contributed by atoms with Gasteiger partial charge in [-0.15, -0.1) is 0 Å². The lowest BCUT2D eigenvalue weighted by molar-refractivity contribution is -0.137. The van der Waals surface area contributed by atoms with E-state index in [9.17, 15) is 26.4 Å². The maximum atomic E-state index is 12.7. The molecule has 0 aliphatic rings. The summed E-state index contributed by atoms with van der Waals surface area (Å²) in [4.78, 5) is 12.1. The summed E-state index contributed by atoms with van der Waals surface area (Å²) in [5, 5.41) is 7.56. The van der Waals surface area contributed by atoms with Crippen molar-refractivity contribution < 1.29 is 26.4 Å². The van der Waals surface area contributed by atoms with Gasteiger partial charge in [-0.3, -0.25) is 4.79 Å². The molecule has 0 aliphatic carbocycles. The monoisotopic (exact) mass is 372 g/mol. The van der Waals surface area contributed by atoms with Crippen LogP contribution in [0.15, 0.2) is 53.4 Å². The van der Waals surface area contributed by atoms with Crippen molar-refractivity contribution in [1.29, 1.82) is 0 Å². The lowest BCUT2D eigenvalue weighted by Crippen LogP contribution is -2.27. The summed E-state index contributed by atoms with van der Waals surface area (Å²) in [6.45, 7) is 1.62. The molecule has 0 radical (unpaired) electrons. The van der Waals surface area contributed by atoms with E-state index >= 15 is 0 Å². The third-order valence-corrected chi connectivity index (χ3v) is 4.44. The first-order valence-corrected chi connectivity index (χ1v) is 8.64. The highest BCUT2D eigenvalue weighted by molar-refractivity contribution is 7.89. The van der Waals surface area contributed by atoms with Gasteiger partial charge in [-0.1, -0.05) is 18.2 Å². The number of carbonyl (C=O) groups excluding carboxylic acids is 1. The first kappa shape index (κ1) is 18.9. The second kappa shape index (κ2) is 6.85. The SMILES string of the molecule is CC(NC(=O)c1cccc(C(F)(F)F)c1)c1ccc(S(N)(=O)=O)cc1. The molecule has 1 atom stereocenters. The van der Waals surface area contributed by atoms with E-state index in [2.05, 4.69) is 5.32 Å². The third-order valence-electron chi connectivity index (χ3n) is 3.51. The van der Waals surface area contributed by atoms with Crippen molar-refractivity contribution in [2.45, 2.75) is 24.0 Å². The van der Waals surface area contributed by atoms with Crippen LogP contribution in [0.4, 0.5) is 13.2 Å². The number of halogens is 3. The van der Waals surface area contributed by atoms with E-state index in [1.165, 1.54) is 30.3 Å². The summed E-state index contributed by atoms with van der Waals surface area (Å²) in [5.41, 5.74) is -0.458. The molecule has 0 aromatic heterocycles. The normalized spacial score (nSPS) is 13.3. The Morgan fingerprint density at radius 2 is 1.72 bits per heavy atom. The quantitative estimate of drug-likeness (QED) is 0.865. The van der Waals surface area contributed by atoms with E-state index in [4.69, 9.17) is 5.14 Å². The average molecular weight is 372 g/mol. The minimum absolute atomic E-state index is 0.0762. The maximum absolute atomic E-state index is 12.7. The molecule has 2 rings (SSSR count). The molecule has 25 heavy (non-hydrogen) atoms. The summed E-state index contributed by atoms with van der Waals surface area (Å²) in [6, 6.07) is 9.06. The smallest absolute Gasteiger partial charge is 0.346 e. The van der Waals surface area contributed by atoms with Crippen LogP contribution < -0.4 is 10.5 Å². The third kappa shape index (κ3) is 4.80. The van der Waals surface area contributed by atoms with Crippen molar-refractivity contribution in [3.8, 4) is 0 Å². The van der Waals surface area contributed by atoms with Gasteiger partial charge in [-0.25, -0.2) is 13.6 Å². The molecule has 0 spiro atoms. The highest BCUT2D eigenvalue weighted by Crippen LogP contribution is 2.29. The summed E-state index contributed by atoms with van der Waals surface area (Å²) in [7, 11) is -3.82. The van der Waals surface area contributed by atoms with Crippen LogP contribution in [0, 0.1) is 0 Å². The molecule has 9 heteroatoms. The van der Waals surface area contributed by atoms with Crippen molar-refractivity contribution in [3.63, 3.8) is 0 Å². The van der Waals surface area contributed by atoms with E-state index in [-0.39, 0.29) is 10.5 Å². The number of sulfonamides is 1. The number of nitrogens with one attached hydrogen (secondary N) is 1. The Morgan fingerprint density at radius 1 is 1.12 bits per heavy atom. The maximum Gasteiger partial charge on any atom is 0.416 e. The molecular weight excluding hydrogens is 357 g/mol. The van der Waals surface area contributed by atoms with Crippen LogP contribution in [0.25, 0.3) is 0 Å². The molecule has 0 saturated carbocycles. The number of nitrogens with two attached hydrogens (primary N) is 1. The molecule has 2 aromatic carbocycles. The Kier molecular flexibility index (Phi) is 5.19. The standard InChI is InChI=1S/C16H15F3N2O3S/c1-10(11-5-7-14(8-6-11)25(20,23)24)21-15(22)12-3-2-4-13(9-12)16(17,18)19/h2-10H,1H3,(H,21,22)(H2,20,23,24). The van der Waals surface area contributed by atoms with Gasteiger partial charge in [0.1, 0.15) is 0 Å². The molecule has 1 amide bonds. The van der Waals surface area contributed by atoms with Crippen molar-refractivity contribution in [3.05, 3.63) is 65.2 Å². The zero-order valence-electron chi connectivity index (χ0n) is 13.0. The van der Waals surface area contributed by atoms with Crippen LogP contribution in [-0.4, -0.2) is 14.3 Å². The molecule has 2 aromatic rings. The fourth-order valence-electron chi connectivity index (χ4n) is 2.15. The summed E-state index contributed by atoms with van der Waals surface area (Å²) in [5.74, 6) is -0.672. The molecule has 0 saturated heterocycles. The molecule has 0 fully saturated rings. The molecule has 0 aliphatic heterocycles. The highest BCUT2D eigenvalue weighted by Gasteiger charge is 2.31. The summed E-state index contributed by atoms with van der Waals surface area (Å²) in [6.07, 6.45) is -4.54. The number of benzene rings is 2. The van der Waals surface area contributed by atoms with Crippen molar-refractivity contribution in [2.24, 2.45) is 5.14 Å². The number of hydrogen-bond acceptors (Lipinski definition) is 3. The van der Waals surface area contributed by atoms with E-state index in [1.807, 2.05) is 0 Å². The molecule has 5 nitrogen and oxygen atoms in total. The highest BCUT2D eigenvalue weighted by atomic mass is 32.2. The zero-order valence-corrected chi connectivity index (χ0v) is 13.9.